The Morgan fingerprint density at radius 3 is 2.94 bits per heavy atom. The summed E-state index contributed by atoms with van der Waals surface area (Å²) >= 11 is 0. The fraction of sp³-hybridized carbons (Fsp3) is 0.786. The van der Waals surface area contributed by atoms with E-state index in [1.54, 1.807) is 0 Å². The van der Waals surface area contributed by atoms with E-state index < -0.39 is 0 Å². The number of fused-ring (bicyclic) bond motifs is 1. The van der Waals surface area contributed by atoms with E-state index in [-0.39, 0.29) is 0 Å². The Morgan fingerprint density at radius 2 is 2.24 bits per heavy atom. The fourth-order valence-electron chi connectivity index (χ4n) is 2.40. The largest absolute Gasteiger partial charge is 0.333 e. The molecule has 0 saturated carbocycles. The van der Waals surface area contributed by atoms with Gasteiger partial charge in [0.25, 0.3) is 0 Å². The molecule has 17 heavy (non-hydrogen) atoms. The SMILES string of the molecule is Cc1cn2c(n1)CC[C@H](NCCC(C)(C)C)C2. The predicted octanol–water partition coefficient (Wildman–Crippen LogP) is 2.53. The summed E-state index contributed by atoms with van der Waals surface area (Å²) in [5, 5.41) is 3.68. The van der Waals surface area contributed by atoms with Gasteiger partial charge < -0.3 is 9.88 Å². The Morgan fingerprint density at radius 1 is 1.47 bits per heavy atom. The van der Waals surface area contributed by atoms with E-state index in [9.17, 15) is 0 Å². The van der Waals surface area contributed by atoms with E-state index in [0.29, 0.717) is 11.5 Å². The first-order valence-electron chi connectivity index (χ1n) is 6.70. The van der Waals surface area contributed by atoms with Crippen molar-refractivity contribution in [3.8, 4) is 0 Å². The second kappa shape index (κ2) is 4.81. The lowest BCUT2D eigenvalue weighted by atomic mass is 9.92. The monoisotopic (exact) mass is 235 g/mol. The molecule has 2 rings (SSSR count). The summed E-state index contributed by atoms with van der Waals surface area (Å²) in [7, 11) is 0. The van der Waals surface area contributed by atoms with Crippen LogP contribution in [0.2, 0.25) is 0 Å². The van der Waals surface area contributed by atoms with Crippen LogP contribution in [0.5, 0.6) is 0 Å². The zero-order valence-corrected chi connectivity index (χ0v) is 11.6. The molecule has 1 aliphatic heterocycles. The maximum atomic E-state index is 4.54. The number of hydrogen-bond acceptors (Lipinski definition) is 2. The lowest BCUT2D eigenvalue weighted by Crippen LogP contribution is -2.38. The minimum Gasteiger partial charge on any atom is -0.333 e. The van der Waals surface area contributed by atoms with Crippen LogP contribution in [0.3, 0.4) is 0 Å². The topological polar surface area (TPSA) is 29.9 Å². The third kappa shape index (κ3) is 3.56. The molecule has 1 aromatic heterocycles. The highest BCUT2D eigenvalue weighted by Crippen LogP contribution is 2.18. The minimum absolute atomic E-state index is 0.429. The average molecular weight is 235 g/mol. The number of rotatable bonds is 3. The third-order valence-electron chi connectivity index (χ3n) is 3.42. The maximum absolute atomic E-state index is 4.54. The van der Waals surface area contributed by atoms with Crippen LogP contribution < -0.4 is 5.32 Å². The van der Waals surface area contributed by atoms with Gasteiger partial charge in [-0.15, -0.1) is 0 Å². The Balaban J connectivity index is 1.82. The Kier molecular flexibility index (Phi) is 3.57. The third-order valence-corrected chi connectivity index (χ3v) is 3.42. The van der Waals surface area contributed by atoms with Crippen LogP contribution in [0.25, 0.3) is 0 Å². The molecule has 1 aromatic rings. The van der Waals surface area contributed by atoms with Gasteiger partial charge in [-0.25, -0.2) is 4.98 Å². The summed E-state index contributed by atoms with van der Waals surface area (Å²) in [6.45, 7) is 11.2. The van der Waals surface area contributed by atoms with Crippen LogP contribution >= 0.6 is 0 Å². The second-order valence-corrected chi connectivity index (χ2v) is 6.45. The van der Waals surface area contributed by atoms with Gasteiger partial charge >= 0.3 is 0 Å². The zero-order valence-electron chi connectivity index (χ0n) is 11.6. The van der Waals surface area contributed by atoms with Crippen LogP contribution in [0.4, 0.5) is 0 Å². The van der Waals surface area contributed by atoms with Gasteiger partial charge in [-0.05, 0) is 31.7 Å². The van der Waals surface area contributed by atoms with Gasteiger partial charge in [0.05, 0.1) is 5.69 Å². The lowest BCUT2D eigenvalue weighted by molar-refractivity contribution is 0.325. The number of aromatic nitrogens is 2. The number of hydrogen-bond donors (Lipinski definition) is 1. The number of aryl methyl sites for hydroxylation is 2. The van der Waals surface area contributed by atoms with Crippen LogP contribution in [0, 0.1) is 12.3 Å². The van der Waals surface area contributed by atoms with Crippen molar-refractivity contribution < 1.29 is 0 Å². The van der Waals surface area contributed by atoms with E-state index in [1.165, 1.54) is 18.7 Å². The second-order valence-electron chi connectivity index (χ2n) is 6.45. The van der Waals surface area contributed by atoms with Gasteiger partial charge in [0.2, 0.25) is 0 Å². The van der Waals surface area contributed by atoms with E-state index in [4.69, 9.17) is 0 Å². The molecule has 0 saturated heterocycles. The van der Waals surface area contributed by atoms with Crippen molar-refractivity contribution in [3.05, 3.63) is 17.7 Å². The highest BCUT2D eigenvalue weighted by molar-refractivity contribution is 5.05. The molecule has 0 unspecified atom stereocenters. The van der Waals surface area contributed by atoms with Crippen molar-refractivity contribution in [3.63, 3.8) is 0 Å². The van der Waals surface area contributed by atoms with Gasteiger partial charge in [-0.1, -0.05) is 20.8 Å². The number of imidazole rings is 1. The smallest absolute Gasteiger partial charge is 0.109 e. The standard InChI is InChI=1S/C14H25N3/c1-11-9-17-10-12(5-6-13(17)16-11)15-8-7-14(2,3)4/h9,12,15H,5-8,10H2,1-4H3/t12-/m0/s1. The quantitative estimate of drug-likeness (QED) is 0.872. The van der Waals surface area contributed by atoms with Crippen molar-refractivity contribution in [1.82, 2.24) is 14.9 Å². The molecule has 1 aliphatic rings. The molecule has 2 heterocycles. The molecular weight excluding hydrogens is 210 g/mol. The van der Waals surface area contributed by atoms with Crippen molar-refractivity contribution in [2.24, 2.45) is 5.41 Å². The molecule has 1 N–H and O–H groups in total. The Hall–Kier alpha value is -0.830. The normalized spacial score (nSPS) is 20.4. The minimum atomic E-state index is 0.429. The Bertz CT molecular complexity index is 373. The van der Waals surface area contributed by atoms with Gasteiger partial charge in [0.15, 0.2) is 0 Å². The summed E-state index contributed by atoms with van der Waals surface area (Å²) in [4.78, 5) is 4.54. The van der Waals surface area contributed by atoms with Crippen LogP contribution in [0.1, 0.15) is 45.1 Å². The summed E-state index contributed by atoms with van der Waals surface area (Å²) in [6, 6.07) is 0.624. The predicted molar refractivity (Wildman–Crippen MR) is 71.1 cm³/mol. The number of nitrogens with zero attached hydrogens (tertiary/aromatic N) is 2. The Labute approximate surface area is 105 Å². The van der Waals surface area contributed by atoms with Crippen LogP contribution in [-0.4, -0.2) is 22.1 Å². The summed E-state index contributed by atoms with van der Waals surface area (Å²) in [6.07, 6.45) is 5.74. The molecule has 0 radical (unpaired) electrons. The van der Waals surface area contributed by atoms with Crippen molar-refractivity contribution in [2.75, 3.05) is 6.54 Å². The molecule has 0 fully saturated rings. The molecule has 0 aromatic carbocycles. The summed E-state index contributed by atoms with van der Waals surface area (Å²) in [5.74, 6) is 1.26. The van der Waals surface area contributed by atoms with E-state index in [0.717, 1.165) is 25.2 Å². The molecule has 1 atom stereocenters. The van der Waals surface area contributed by atoms with Gasteiger partial charge in [0.1, 0.15) is 5.82 Å². The first-order chi connectivity index (χ1) is 7.94. The van der Waals surface area contributed by atoms with Crippen molar-refractivity contribution in [1.29, 1.82) is 0 Å². The maximum Gasteiger partial charge on any atom is 0.109 e. The van der Waals surface area contributed by atoms with Crippen molar-refractivity contribution >= 4 is 0 Å². The highest BCUT2D eigenvalue weighted by atomic mass is 15.1. The average Bonchev–Trinajstić information content (AvgIpc) is 2.55. The van der Waals surface area contributed by atoms with Crippen molar-refractivity contribution in [2.45, 2.75) is 59.5 Å². The number of nitrogens with one attached hydrogen (secondary N) is 1. The molecule has 3 nitrogen and oxygen atoms in total. The molecule has 0 spiro atoms. The molecule has 0 aliphatic carbocycles. The summed E-state index contributed by atoms with van der Waals surface area (Å²) in [5.41, 5.74) is 1.58. The van der Waals surface area contributed by atoms with Gasteiger partial charge in [0, 0.05) is 25.2 Å². The molecular formula is C14H25N3. The molecule has 96 valence electrons. The summed E-state index contributed by atoms with van der Waals surface area (Å²) < 4.78 is 2.31. The lowest BCUT2D eigenvalue weighted by Gasteiger charge is -2.26. The molecule has 0 amide bonds. The van der Waals surface area contributed by atoms with E-state index >= 15 is 0 Å². The first kappa shape index (κ1) is 12.6. The molecule has 3 heteroatoms. The fourth-order valence-corrected chi connectivity index (χ4v) is 2.40. The highest BCUT2D eigenvalue weighted by Gasteiger charge is 2.19. The van der Waals surface area contributed by atoms with Crippen LogP contribution in [0.15, 0.2) is 6.20 Å². The molecule has 0 bridgehead atoms. The van der Waals surface area contributed by atoms with Crippen LogP contribution in [-0.2, 0) is 13.0 Å². The first-order valence-corrected chi connectivity index (χ1v) is 6.70. The van der Waals surface area contributed by atoms with Gasteiger partial charge in [-0.2, -0.15) is 0 Å². The van der Waals surface area contributed by atoms with E-state index in [1.807, 2.05) is 0 Å². The van der Waals surface area contributed by atoms with E-state index in [2.05, 4.69) is 48.8 Å². The van der Waals surface area contributed by atoms with Gasteiger partial charge in [-0.3, -0.25) is 0 Å². The zero-order chi connectivity index (χ0) is 12.5.